The second kappa shape index (κ2) is 7.30. The molecular formula is C14H24N2O. The van der Waals surface area contributed by atoms with E-state index in [1.165, 1.54) is 5.56 Å². The topological polar surface area (TPSA) is 38.5 Å². The molecule has 0 fully saturated rings. The molecule has 2 N–H and O–H groups in total. The molecule has 0 aliphatic rings. The van der Waals surface area contributed by atoms with E-state index in [0.717, 1.165) is 31.8 Å². The number of benzene rings is 1. The van der Waals surface area contributed by atoms with Crippen molar-refractivity contribution < 1.29 is 4.74 Å². The number of nitrogens with zero attached hydrogens (tertiary/aromatic N) is 1. The minimum Gasteiger partial charge on any atom is -0.398 e. The molecule has 0 aliphatic heterocycles. The summed E-state index contributed by atoms with van der Waals surface area (Å²) in [5.74, 6) is 0. The van der Waals surface area contributed by atoms with Gasteiger partial charge in [0.1, 0.15) is 0 Å². The van der Waals surface area contributed by atoms with Gasteiger partial charge in [-0.15, -0.1) is 0 Å². The van der Waals surface area contributed by atoms with Gasteiger partial charge in [-0.05, 0) is 25.0 Å². The van der Waals surface area contributed by atoms with E-state index in [2.05, 4.69) is 24.8 Å². The second-order valence-corrected chi connectivity index (χ2v) is 4.42. The quantitative estimate of drug-likeness (QED) is 0.739. The number of hydrogen-bond donors (Lipinski definition) is 1. The first kappa shape index (κ1) is 14.0. The summed E-state index contributed by atoms with van der Waals surface area (Å²) in [5.41, 5.74) is 8.05. The van der Waals surface area contributed by atoms with E-state index in [1.54, 1.807) is 7.11 Å². The summed E-state index contributed by atoms with van der Waals surface area (Å²) >= 11 is 0. The van der Waals surface area contributed by atoms with Crippen LogP contribution in [0.1, 0.15) is 25.8 Å². The van der Waals surface area contributed by atoms with Crippen molar-refractivity contribution >= 4 is 5.69 Å². The Balaban J connectivity index is 2.68. The van der Waals surface area contributed by atoms with Gasteiger partial charge < -0.3 is 10.5 Å². The molecule has 0 aliphatic carbocycles. The Morgan fingerprint density at radius 2 is 2.06 bits per heavy atom. The van der Waals surface area contributed by atoms with Gasteiger partial charge in [0.15, 0.2) is 0 Å². The van der Waals surface area contributed by atoms with Crippen LogP contribution in [-0.4, -0.2) is 31.2 Å². The fourth-order valence-electron chi connectivity index (χ4n) is 1.82. The Morgan fingerprint density at radius 3 is 2.65 bits per heavy atom. The molecule has 0 amide bonds. The summed E-state index contributed by atoms with van der Waals surface area (Å²) in [6.07, 6.45) is 1.14. The van der Waals surface area contributed by atoms with Crippen LogP contribution in [0, 0.1) is 0 Å². The summed E-state index contributed by atoms with van der Waals surface area (Å²) in [5, 5.41) is 0. The number of para-hydroxylation sites is 1. The van der Waals surface area contributed by atoms with E-state index in [9.17, 15) is 0 Å². The Bertz CT molecular complexity index is 328. The molecule has 0 saturated heterocycles. The zero-order valence-corrected chi connectivity index (χ0v) is 11.1. The summed E-state index contributed by atoms with van der Waals surface area (Å²) < 4.78 is 5.16. The Labute approximate surface area is 105 Å². The maximum atomic E-state index is 5.98. The highest BCUT2D eigenvalue weighted by Crippen LogP contribution is 2.16. The van der Waals surface area contributed by atoms with Crippen LogP contribution < -0.4 is 5.73 Å². The number of ether oxygens (including phenoxy) is 1. The highest BCUT2D eigenvalue weighted by molar-refractivity contribution is 5.46. The van der Waals surface area contributed by atoms with Crippen molar-refractivity contribution in [3.05, 3.63) is 29.8 Å². The van der Waals surface area contributed by atoms with Gasteiger partial charge in [0.25, 0.3) is 0 Å². The van der Waals surface area contributed by atoms with Crippen LogP contribution in [0.3, 0.4) is 0 Å². The predicted octanol–water partition coefficient (Wildman–Crippen LogP) is 2.52. The molecule has 0 heterocycles. The monoisotopic (exact) mass is 236 g/mol. The molecule has 1 aromatic carbocycles. The van der Waals surface area contributed by atoms with Gasteiger partial charge in [0.05, 0.1) is 6.61 Å². The lowest BCUT2D eigenvalue weighted by Gasteiger charge is -2.28. The van der Waals surface area contributed by atoms with Gasteiger partial charge in [0.2, 0.25) is 0 Å². The molecular weight excluding hydrogens is 212 g/mol. The molecule has 3 nitrogen and oxygen atoms in total. The Morgan fingerprint density at radius 1 is 1.35 bits per heavy atom. The van der Waals surface area contributed by atoms with Crippen molar-refractivity contribution in [1.29, 1.82) is 0 Å². The van der Waals surface area contributed by atoms with Crippen LogP contribution in [0.2, 0.25) is 0 Å². The SMILES string of the molecule is CCC(C)N(CCOC)Cc1ccccc1N. The third-order valence-electron chi connectivity index (χ3n) is 3.23. The number of rotatable bonds is 7. The molecule has 1 atom stereocenters. The molecule has 0 aromatic heterocycles. The lowest BCUT2D eigenvalue weighted by atomic mass is 10.1. The van der Waals surface area contributed by atoms with E-state index in [-0.39, 0.29) is 0 Å². The molecule has 0 bridgehead atoms. The average Bonchev–Trinajstić information content (AvgIpc) is 2.35. The number of nitrogens with two attached hydrogens (primary N) is 1. The number of nitrogen functional groups attached to an aromatic ring is 1. The standard InChI is InChI=1S/C14H24N2O/c1-4-12(2)16(9-10-17-3)11-13-7-5-6-8-14(13)15/h5-8,12H,4,9-11,15H2,1-3H3. The van der Waals surface area contributed by atoms with Crippen molar-refractivity contribution in [2.24, 2.45) is 0 Å². The summed E-state index contributed by atoms with van der Waals surface area (Å²) in [7, 11) is 1.74. The largest absolute Gasteiger partial charge is 0.398 e. The maximum absolute atomic E-state index is 5.98. The van der Waals surface area contributed by atoms with Gasteiger partial charge in [-0.1, -0.05) is 25.1 Å². The molecule has 17 heavy (non-hydrogen) atoms. The van der Waals surface area contributed by atoms with Crippen molar-refractivity contribution in [3.8, 4) is 0 Å². The van der Waals surface area contributed by atoms with Crippen LogP contribution in [0.4, 0.5) is 5.69 Å². The van der Waals surface area contributed by atoms with Gasteiger partial charge >= 0.3 is 0 Å². The van der Waals surface area contributed by atoms with Crippen LogP contribution in [0.5, 0.6) is 0 Å². The van der Waals surface area contributed by atoms with Crippen molar-refractivity contribution in [1.82, 2.24) is 4.90 Å². The minimum atomic E-state index is 0.546. The maximum Gasteiger partial charge on any atom is 0.0589 e. The Kier molecular flexibility index (Phi) is 6.01. The molecule has 0 radical (unpaired) electrons. The molecule has 1 rings (SSSR count). The molecule has 96 valence electrons. The predicted molar refractivity (Wildman–Crippen MR) is 72.9 cm³/mol. The molecule has 0 saturated carbocycles. The Hall–Kier alpha value is -1.06. The van der Waals surface area contributed by atoms with Crippen molar-refractivity contribution in [3.63, 3.8) is 0 Å². The highest BCUT2D eigenvalue weighted by Gasteiger charge is 2.13. The first-order valence-corrected chi connectivity index (χ1v) is 6.25. The van der Waals surface area contributed by atoms with E-state index >= 15 is 0 Å². The summed E-state index contributed by atoms with van der Waals surface area (Å²) in [6, 6.07) is 8.61. The smallest absolute Gasteiger partial charge is 0.0589 e. The first-order chi connectivity index (χ1) is 8.19. The number of hydrogen-bond acceptors (Lipinski definition) is 3. The fraction of sp³-hybridized carbons (Fsp3) is 0.571. The third kappa shape index (κ3) is 4.36. The lowest BCUT2D eigenvalue weighted by molar-refractivity contribution is 0.118. The average molecular weight is 236 g/mol. The van der Waals surface area contributed by atoms with Crippen LogP contribution in [0.25, 0.3) is 0 Å². The van der Waals surface area contributed by atoms with Gasteiger partial charge in [0, 0.05) is 31.9 Å². The third-order valence-corrected chi connectivity index (χ3v) is 3.23. The van der Waals surface area contributed by atoms with E-state index in [0.29, 0.717) is 6.04 Å². The molecule has 1 aromatic rings. The summed E-state index contributed by atoms with van der Waals surface area (Å²) in [4.78, 5) is 2.41. The minimum absolute atomic E-state index is 0.546. The normalized spacial score (nSPS) is 12.9. The number of anilines is 1. The van der Waals surface area contributed by atoms with E-state index in [1.807, 2.05) is 18.2 Å². The zero-order chi connectivity index (χ0) is 12.7. The number of methoxy groups -OCH3 is 1. The van der Waals surface area contributed by atoms with E-state index < -0.39 is 0 Å². The van der Waals surface area contributed by atoms with Gasteiger partial charge in [-0.25, -0.2) is 0 Å². The first-order valence-electron chi connectivity index (χ1n) is 6.25. The highest BCUT2D eigenvalue weighted by atomic mass is 16.5. The zero-order valence-electron chi connectivity index (χ0n) is 11.1. The van der Waals surface area contributed by atoms with Crippen LogP contribution >= 0.6 is 0 Å². The van der Waals surface area contributed by atoms with Gasteiger partial charge in [-0.2, -0.15) is 0 Å². The molecule has 3 heteroatoms. The van der Waals surface area contributed by atoms with Crippen molar-refractivity contribution in [2.45, 2.75) is 32.9 Å². The summed E-state index contributed by atoms with van der Waals surface area (Å²) in [6.45, 7) is 7.05. The van der Waals surface area contributed by atoms with E-state index in [4.69, 9.17) is 10.5 Å². The molecule has 0 spiro atoms. The van der Waals surface area contributed by atoms with Crippen LogP contribution in [-0.2, 0) is 11.3 Å². The van der Waals surface area contributed by atoms with Gasteiger partial charge in [-0.3, -0.25) is 4.90 Å². The van der Waals surface area contributed by atoms with Crippen molar-refractivity contribution in [2.75, 3.05) is 26.0 Å². The fourth-order valence-corrected chi connectivity index (χ4v) is 1.82. The lowest BCUT2D eigenvalue weighted by Crippen LogP contribution is -2.35. The molecule has 1 unspecified atom stereocenters. The van der Waals surface area contributed by atoms with Crippen LogP contribution in [0.15, 0.2) is 24.3 Å². The second-order valence-electron chi connectivity index (χ2n) is 4.42.